The van der Waals surface area contributed by atoms with E-state index in [1.807, 2.05) is 6.92 Å². The molecule has 1 amide bonds. The molecule has 1 saturated heterocycles. The van der Waals surface area contributed by atoms with Crippen LogP contribution in [0.1, 0.15) is 30.3 Å². The van der Waals surface area contributed by atoms with Crippen LogP contribution >= 0.6 is 12.4 Å². The van der Waals surface area contributed by atoms with Gasteiger partial charge in [-0.2, -0.15) is 5.10 Å². The van der Waals surface area contributed by atoms with Crippen LogP contribution in [0.15, 0.2) is 36.5 Å². The van der Waals surface area contributed by atoms with Crippen molar-refractivity contribution in [3.63, 3.8) is 0 Å². The second-order valence-electron chi connectivity index (χ2n) is 6.44. The zero-order chi connectivity index (χ0) is 18.0. The van der Waals surface area contributed by atoms with Crippen LogP contribution in [-0.2, 0) is 0 Å². The SMILES string of the molecule is CC(N)C1CCCN(C(=O)c2ccn(-c3cccc([N+](=O)[O-])c3)n2)C1.Cl. The van der Waals surface area contributed by atoms with Gasteiger partial charge in [0.05, 0.1) is 10.6 Å². The number of piperidine rings is 1. The molecule has 0 aliphatic carbocycles. The summed E-state index contributed by atoms with van der Waals surface area (Å²) in [6, 6.07) is 7.83. The lowest BCUT2D eigenvalue weighted by Crippen LogP contribution is -2.45. The molecular formula is C17H22ClN5O3. The summed E-state index contributed by atoms with van der Waals surface area (Å²) < 4.78 is 1.48. The molecular weight excluding hydrogens is 358 g/mol. The summed E-state index contributed by atoms with van der Waals surface area (Å²) in [6.45, 7) is 3.31. The third kappa shape index (κ3) is 4.20. The molecule has 0 radical (unpaired) electrons. The molecule has 0 bridgehead atoms. The van der Waals surface area contributed by atoms with E-state index in [-0.39, 0.29) is 30.0 Å². The number of hydrogen-bond donors (Lipinski definition) is 1. The summed E-state index contributed by atoms with van der Waals surface area (Å²) in [4.78, 5) is 24.9. The quantitative estimate of drug-likeness (QED) is 0.648. The number of non-ortho nitro benzene ring substituents is 1. The van der Waals surface area contributed by atoms with Crippen LogP contribution in [-0.4, -0.2) is 44.6 Å². The van der Waals surface area contributed by atoms with Crippen LogP contribution in [0.5, 0.6) is 0 Å². The molecule has 0 spiro atoms. The van der Waals surface area contributed by atoms with E-state index in [1.54, 1.807) is 29.3 Å². The van der Waals surface area contributed by atoms with Gasteiger partial charge in [0.25, 0.3) is 11.6 Å². The number of rotatable bonds is 4. The Bertz CT molecular complexity index is 792. The van der Waals surface area contributed by atoms with Gasteiger partial charge in [0, 0.05) is 37.5 Å². The average Bonchev–Trinajstić information content (AvgIpc) is 3.11. The first kappa shape index (κ1) is 19.9. The highest BCUT2D eigenvalue weighted by Crippen LogP contribution is 2.21. The maximum absolute atomic E-state index is 12.7. The topological polar surface area (TPSA) is 107 Å². The van der Waals surface area contributed by atoms with Crippen molar-refractivity contribution < 1.29 is 9.72 Å². The van der Waals surface area contributed by atoms with Crippen LogP contribution in [0.3, 0.4) is 0 Å². The molecule has 26 heavy (non-hydrogen) atoms. The van der Waals surface area contributed by atoms with Crippen molar-refractivity contribution in [3.8, 4) is 5.69 Å². The number of nitro benzene ring substituents is 1. The fourth-order valence-electron chi connectivity index (χ4n) is 3.12. The molecule has 1 aliphatic heterocycles. The lowest BCUT2D eigenvalue weighted by atomic mass is 9.92. The highest BCUT2D eigenvalue weighted by molar-refractivity contribution is 5.92. The van der Waals surface area contributed by atoms with E-state index in [0.29, 0.717) is 30.4 Å². The molecule has 8 nitrogen and oxygen atoms in total. The molecule has 1 fully saturated rings. The number of nitro groups is 1. The molecule has 2 aromatic rings. The molecule has 9 heteroatoms. The minimum Gasteiger partial charge on any atom is -0.337 e. The second kappa shape index (κ2) is 8.29. The van der Waals surface area contributed by atoms with Gasteiger partial charge in [0.2, 0.25) is 0 Å². The Morgan fingerprint density at radius 1 is 1.42 bits per heavy atom. The summed E-state index contributed by atoms with van der Waals surface area (Å²) >= 11 is 0. The van der Waals surface area contributed by atoms with E-state index in [4.69, 9.17) is 5.73 Å². The number of carbonyl (C=O) groups is 1. The van der Waals surface area contributed by atoms with Gasteiger partial charge in [0.15, 0.2) is 5.69 Å². The van der Waals surface area contributed by atoms with Gasteiger partial charge in [-0.05, 0) is 37.8 Å². The minimum atomic E-state index is -0.457. The first-order chi connectivity index (χ1) is 12.0. The highest BCUT2D eigenvalue weighted by atomic mass is 35.5. The maximum atomic E-state index is 12.7. The predicted octanol–water partition coefficient (Wildman–Crippen LogP) is 2.40. The summed E-state index contributed by atoms with van der Waals surface area (Å²) in [5.41, 5.74) is 6.83. The Morgan fingerprint density at radius 2 is 2.19 bits per heavy atom. The largest absolute Gasteiger partial charge is 0.337 e. The van der Waals surface area contributed by atoms with Gasteiger partial charge in [-0.1, -0.05) is 6.07 Å². The number of likely N-dealkylation sites (tertiary alicyclic amines) is 1. The van der Waals surface area contributed by atoms with Crippen molar-refractivity contribution in [1.82, 2.24) is 14.7 Å². The number of carbonyl (C=O) groups excluding carboxylic acids is 1. The number of nitrogens with two attached hydrogens (primary N) is 1. The number of benzene rings is 1. The summed E-state index contributed by atoms with van der Waals surface area (Å²) in [6.07, 6.45) is 3.60. The Balaban J connectivity index is 0.00000243. The summed E-state index contributed by atoms with van der Waals surface area (Å²) in [5.74, 6) is 0.172. The van der Waals surface area contributed by atoms with Crippen LogP contribution in [0.25, 0.3) is 5.69 Å². The van der Waals surface area contributed by atoms with Crippen molar-refractivity contribution in [3.05, 3.63) is 52.3 Å². The van der Waals surface area contributed by atoms with Gasteiger partial charge in [-0.15, -0.1) is 12.4 Å². The molecule has 2 unspecified atom stereocenters. The minimum absolute atomic E-state index is 0. The van der Waals surface area contributed by atoms with Crippen molar-refractivity contribution in [1.29, 1.82) is 0 Å². The van der Waals surface area contributed by atoms with Crippen molar-refractivity contribution in [2.75, 3.05) is 13.1 Å². The van der Waals surface area contributed by atoms with Crippen LogP contribution in [0.2, 0.25) is 0 Å². The molecule has 2 heterocycles. The summed E-state index contributed by atoms with van der Waals surface area (Å²) in [7, 11) is 0. The van der Waals surface area contributed by atoms with E-state index in [1.165, 1.54) is 16.8 Å². The lowest BCUT2D eigenvalue weighted by molar-refractivity contribution is -0.384. The van der Waals surface area contributed by atoms with Gasteiger partial charge < -0.3 is 10.6 Å². The van der Waals surface area contributed by atoms with E-state index < -0.39 is 4.92 Å². The zero-order valence-electron chi connectivity index (χ0n) is 14.4. The van der Waals surface area contributed by atoms with Crippen molar-refractivity contribution in [2.45, 2.75) is 25.8 Å². The van der Waals surface area contributed by atoms with E-state index in [0.717, 1.165) is 12.8 Å². The number of amides is 1. The Hall–Kier alpha value is -2.45. The molecule has 0 saturated carbocycles. The zero-order valence-corrected chi connectivity index (χ0v) is 15.3. The van der Waals surface area contributed by atoms with Crippen LogP contribution < -0.4 is 5.73 Å². The molecule has 1 aliphatic rings. The van der Waals surface area contributed by atoms with Gasteiger partial charge >= 0.3 is 0 Å². The monoisotopic (exact) mass is 379 g/mol. The molecule has 2 atom stereocenters. The molecule has 3 rings (SSSR count). The van der Waals surface area contributed by atoms with E-state index in [9.17, 15) is 14.9 Å². The summed E-state index contributed by atoms with van der Waals surface area (Å²) in [5, 5.41) is 15.2. The van der Waals surface area contributed by atoms with Crippen LogP contribution in [0.4, 0.5) is 5.69 Å². The molecule has 1 aromatic heterocycles. The third-order valence-corrected chi connectivity index (χ3v) is 4.60. The third-order valence-electron chi connectivity index (χ3n) is 4.60. The second-order valence-corrected chi connectivity index (χ2v) is 6.44. The number of aromatic nitrogens is 2. The maximum Gasteiger partial charge on any atom is 0.274 e. The fraction of sp³-hybridized carbons (Fsp3) is 0.412. The highest BCUT2D eigenvalue weighted by Gasteiger charge is 2.27. The molecule has 1 aromatic carbocycles. The van der Waals surface area contributed by atoms with Crippen molar-refractivity contribution in [2.24, 2.45) is 11.7 Å². The van der Waals surface area contributed by atoms with Gasteiger partial charge in [-0.3, -0.25) is 14.9 Å². The van der Waals surface area contributed by atoms with Gasteiger partial charge in [0.1, 0.15) is 0 Å². The van der Waals surface area contributed by atoms with E-state index >= 15 is 0 Å². The molecule has 140 valence electrons. The Labute approximate surface area is 157 Å². The average molecular weight is 380 g/mol. The normalized spacial score (nSPS) is 18.1. The van der Waals surface area contributed by atoms with Crippen molar-refractivity contribution >= 4 is 24.0 Å². The van der Waals surface area contributed by atoms with Crippen LogP contribution in [0, 0.1) is 16.0 Å². The first-order valence-corrected chi connectivity index (χ1v) is 8.31. The number of halogens is 1. The lowest BCUT2D eigenvalue weighted by Gasteiger charge is -2.34. The first-order valence-electron chi connectivity index (χ1n) is 8.31. The Kier molecular flexibility index (Phi) is 6.33. The molecule has 2 N–H and O–H groups in total. The number of hydrogen-bond acceptors (Lipinski definition) is 5. The Morgan fingerprint density at radius 3 is 2.88 bits per heavy atom. The fourth-order valence-corrected chi connectivity index (χ4v) is 3.12. The predicted molar refractivity (Wildman–Crippen MR) is 99.7 cm³/mol. The van der Waals surface area contributed by atoms with Gasteiger partial charge in [-0.25, -0.2) is 4.68 Å². The smallest absolute Gasteiger partial charge is 0.274 e. The van der Waals surface area contributed by atoms with E-state index in [2.05, 4.69) is 5.10 Å². The number of nitrogens with zero attached hydrogens (tertiary/aromatic N) is 4. The standard InChI is InChI=1S/C17H21N5O3.ClH/c1-12(18)13-4-3-8-20(11-13)17(23)16-7-9-21(19-16)14-5-2-6-15(10-14)22(24)25;/h2,5-7,9-10,12-13H,3-4,8,11,18H2,1H3;1H.